The van der Waals surface area contributed by atoms with Gasteiger partial charge in [0.25, 0.3) is 0 Å². The summed E-state index contributed by atoms with van der Waals surface area (Å²) in [6, 6.07) is 0. The normalized spacial score (nSPS) is 30.0. The van der Waals surface area contributed by atoms with Gasteiger partial charge >= 0.3 is 0 Å². The Balaban J connectivity index is 1.92. The summed E-state index contributed by atoms with van der Waals surface area (Å²) < 4.78 is 0. The third-order valence-electron chi connectivity index (χ3n) is 3.09. The summed E-state index contributed by atoms with van der Waals surface area (Å²) in [6.45, 7) is 1.24. The molecule has 1 aliphatic heterocycles. The molecular weight excluding hydrogens is 166 g/mol. The molecule has 1 saturated carbocycles. The predicted octanol–water partition coefficient (Wildman–Crippen LogP) is 2.76. The van der Waals surface area contributed by atoms with Gasteiger partial charge in [-0.1, -0.05) is 32.1 Å². The zero-order valence-electron chi connectivity index (χ0n) is 7.77. The first-order chi connectivity index (χ1) is 5.91. The van der Waals surface area contributed by atoms with Gasteiger partial charge in [0, 0.05) is 12.3 Å². The summed E-state index contributed by atoms with van der Waals surface area (Å²) in [6.07, 6.45) is 10.1. The summed E-state index contributed by atoms with van der Waals surface area (Å²) in [4.78, 5) is 0.514. The molecule has 0 unspecified atom stereocenters. The van der Waals surface area contributed by atoms with Crippen LogP contribution in [0, 0.1) is 0 Å². The SMILES string of the molecule is C1CCCC2(CCC1)NCCS2. The van der Waals surface area contributed by atoms with E-state index in [1.54, 1.807) is 0 Å². The van der Waals surface area contributed by atoms with Crippen LogP contribution in [0.5, 0.6) is 0 Å². The number of hydrogen-bond acceptors (Lipinski definition) is 2. The quantitative estimate of drug-likeness (QED) is 0.623. The van der Waals surface area contributed by atoms with E-state index in [-0.39, 0.29) is 0 Å². The van der Waals surface area contributed by atoms with E-state index in [0.717, 1.165) is 0 Å². The molecule has 0 atom stereocenters. The molecule has 2 aliphatic rings. The summed E-state index contributed by atoms with van der Waals surface area (Å²) in [7, 11) is 0. The lowest BCUT2D eigenvalue weighted by Gasteiger charge is -2.30. The molecule has 0 aromatic carbocycles. The van der Waals surface area contributed by atoms with Gasteiger partial charge in [-0.3, -0.25) is 0 Å². The van der Waals surface area contributed by atoms with Gasteiger partial charge in [0.2, 0.25) is 0 Å². The van der Waals surface area contributed by atoms with Crippen molar-refractivity contribution in [3.8, 4) is 0 Å². The van der Waals surface area contributed by atoms with Crippen molar-refractivity contribution in [3.05, 3.63) is 0 Å². The Bertz CT molecular complexity index is 131. The Morgan fingerprint density at radius 1 is 0.917 bits per heavy atom. The molecule has 12 heavy (non-hydrogen) atoms. The van der Waals surface area contributed by atoms with E-state index in [1.807, 2.05) is 0 Å². The van der Waals surface area contributed by atoms with Crippen LogP contribution in [0.4, 0.5) is 0 Å². The summed E-state index contributed by atoms with van der Waals surface area (Å²) in [5, 5.41) is 3.70. The summed E-state index contributed by atoms with van der Waals surface area (Å²) in [5.74, 6) is 1.33. The minimum atomic E-state index is 0.514. The van der Waals surface area contributed by atoms with Gasteiger partial charge in [0.05, 0.1) is 4.87 Å². The van der Waals surface area contributed by atoms with E-state index in [4.69, 9.17) is 0 Å². The molecule has 1 N–H and O–H groups in total. The van der Waals surface area contributed by atoms with Crippen LogP contribution in [0.1, 0.15) is 44.9 Å². The molecule has 70 valence electrons. The first-order valence-corrected chi connectivity index (χ1v) is 6.29. The van der Waals surface area contributed by atoms with Gasteiger partial charge in [-0.05, 0) is 12.8 Å². The molecule has 0 bridgehead atoms. The van der Waals surface area contributed by atoms with Crippen molar-refractivity contribution in [2.45, 2.75) is 49.8 Å². The van der Waals surface area contributed by atoms with Crippen molar-refractivity contribution in [2.24, 2.45) is 0 Å². The summed E-state index contributed by atoms with van der Waals surface area (Å²) >= 11 is 2.18. The minimum absolute atomic E-state index is 0.514. The van der Waals surface area contributed by atoms with Crippen LogP contribution in [-0.2, 0) is 0 Å². The molecule has 2 fully saturated rings. The molecule has 1 saturated heterocycles. The van der Waals surface area contributed by atoms with Crippen molar-refractivity contribution in [2.75, 3.05) is 12.3 Å². The average molecular weight is 185 g/mol. The molecule has 0 amide bonds. The number of thioether (sulfide) groups is 1. The van der Waals surface area contributed by atoms with E-state index < -0.39 is 0 Å². The van der Waals surface area contributed by atoms with Crippen LogP contribution in [0.15, 0.2) is 0 Å². The second-order valence-corrected chi connectivity index (χ2v) is 5.52. The van der Waals surface area contributed by atoms with Crippen molar-refractivity contribution in [3.63, 3.8) is 0 Å². The molecule has 2 heteroatoms. The third-order valence-corrected chi connectivity index (χ3v) is 4.60. The zero-order chi connectivity index (χ0) is 8.28. The van der Waals surface area contributed by atoms with Crippen molar-refractivity contribution >= 4 is 11.8 Å². The van der Waals surface area contributed by atoms with Crippen LogP contribution in [0.3, 0.4) is 0 Å². The fourth-order valence-corrected chi connectivity index (χ4v) is 3.75. The highest BCUT2D eigenvalue weighted by molar-refractivity contribution is 8.00. The predicted molar refractivity (Wildman–Crippen MR) is 55.5 cm³/mol. The largest absolute Gasteiger partial charge is 0.302 e. The van der Waals surface area contributed by atoms with Crippen molar-refractivity contribution in [1.82, 2.24) is 5.32 Å². The topological polar surface area (TPSA) is 12.0 Å². The van der Waals surface area contributed by atoms with E-state index in [2.05, 4.69) is 17.1 Å². The minimum Gasteiger partial charge on any atom is -0.302 e. The Kier molecular flexibility index (Phi) is 2.97. The lowest BCUT2D eigenvalue weighted by Crippen LogP contribution is -2.37. The van der Waals surface area contributed by atoms with Gasteiger partial charge in [0.15, 0.2) is 0 Å². The van der Waals surface area contributed by atoms with Gasteiger partial charge in [-0.2, -0.15) is 0 Å². The second-order valence-electron chi connectivity index (χ2n) is 4.04. The Morgan fingerprint density at radius 3 is 2.17 bits per heavy atom. The molecule has 0 radical (unpaired) electrons. The number of hydrogen-bond donors (Lipinski definition) is 1. The molecular formula is C10H19NS. The fourth-order valence-electron chi connectivity index (χ4n) is 2.37. The van der Waals surface area contributed by atoms with Gasteiger partial charge < -0.3 is 5.32 Å². The van der Waals surface area contributed by atoms with E-state index in [1.165, 1.54) is 57.2 Å². The smallest absolute Gasteiger partial charge is 0.0645 e. The second kappa shape index (κ2) is 4.01. The molecule has 1 aliphatic carbocycles. The average Bonchev–Trinajstić information content (AvgIpc) is 2.47. The van der Waals surface area contributed by atoms with Crippen LogP contribution >= 0.6 is 11.8 Å². The maximum Gasteiger partial charge on any atom is 0.0645 e. The third kappa shape index (κ3) is 1.97. The number of rotatable bonds is 0. The van der Waals surface area contributed by atoms with E-state index in [0.29, 0.717) is 4.87 Å². The lowest BCUT2D eigenvalue weighted by atomic mass is 9.96. The van der Waals surface area contributed by atoms with Crippen LogP contribution in [0.25, 0.3) is 0 Å². The van der Waals surface area contributed by atoms with Crippen LogP contribution in [-0.4, -0.2) is 17.2 Å². The van der Waals surface area contributed by atoms with Crippen molar-refractivity contribution < 1.29 is 0 Å². The molecule has 1 spiro atoms. The number of nitrogens with one attached hydrogen (secondary N) is 1. The Hall–Kier alpha value is 0.310. The van der Waals surface area contributed by atoms with E-state index >= 15 is 0 Å². The molecule has 2 rings (SSSR count). The van der Waals surface area contributed by atoms with Crippen molar-refractivity contribution in [1.29, 1.82) is 0 Å². The standard InChI is InChI=1S/C10H19NS/c1-2-4-6-10(7-5-3-1)11-8-9-12-10/h11H,1-9H2. The highest BCUT2D eigenvalue weighted by Crippen LogP contribution is 2.38. The fraction of sp³-hybridized carbons (Fsp3) is 1.00. The Morgan fingerprint density at radius 2 is 1.58 bits per heavy atom. The van der Waals surface area contributed by atoms with Gasteiger partial charge in [0.1, 0.15) is 0 Å². The molecule has 1 heterocycles. The highest BCUT2D eigenvalue weighted by atomic mass is 32.2. The van der Waals surface area contributed by atoms with Gasteiger partial charge in [-0.25, -0.2) is 0 Å². The Labute approximate surface area is 79.7 Å². The molecule has 1 nitrogen and oxygen atoms in total. The zero-order valence-corrected chi connectivity index (χ0v) is 8.59. The van der Waals surface area contributed by atoms with Crippen LogP contribution in [0.2, 0.25) is 0 Å². The van der Waals surface area contributed by atoms with Crippen LogP contribution < -0.4 is 5.32 Å². The first-order valence-electron chi connectivity index (χ1n) is 5.30. The van der Waals surface area contributed by atoms with E-state index in [9.17, 15) is 0 Å². The maximum absolute atomic E-state index is 3.70. The lowest BCUT2D eigenvalue weighted by molar-refractivity contribution is 0.375. The van der Waals surface area contributed by atoms with Gasteiger partial charge in [-0.15, -0.1) is 11.8 Å². The monoisotopic (exact) mass is 185 g/mol. The maximum atomic E-state index is 3.70. The molecule has 0 aromatic heterocycles. The molecule has 0 aromatic rings. The first kappa shape index (κ1) is 8.89. The summed E-state index contributed by atoms with van der Waals surface area (Å²) in [5.41, 5.74) is 0. The highest BCUT2D eigenvalue weighted by Gasteiger charge is 2.33.